The fraction of sp³-hybridized carbons (Fsp3) is 0.353. The van der Waals surface area contributed by atoms with E-state index in [1.54, 1.807) is 0 Å². The minimum atomic E-state index is -0.635. The lowest BCUT2D eigenvalue weighted by atomic mass is 9.83. The molecular formula is C17H22N2O2. The first kappa shape index (κ1) is 15.2. The van der Waals surface area contributed by atoms with E-state index in [0.29, 0.717) is 5.69 Å². The van der Waals surface area contributed by atoms with Crippen molar-refractivity contribution in [3.05, 3.63) is 53.5 Å². The quantitative estimate of drug-likeness (QED) is 0.847. The molecule has 2 aromatic rings. The van der Waals surface area contributed by atoms with E-state index in [-0.39, 0.29) is 11.9 Å². The van der Waals surface area contributed by atoms with Crippen LogP contribution in [-0.4, -0.2) is 5.91 Å². The number of rotatable bonds is 4. The Hall–Kier alpha value is -2.23. The molecule has 0 bridgehead atoms. The van der Waals surface area contributed by atoms with Crippen LogP contribution in [0.3, 0.4) is 0 Å². The van der Waals surface area contributed by atoms with Crippen LogP contribution in [0.5, 0.6) is 0 Å². The minimum Gasteiger partial charge on any atom is -0.464 e. The summed E-state index contributed by atoms with van der Waals surface area (Å²) >= 11 is 0. The van der Waals surface area contributed by atoms with E-state index in [0.717, 1.165) is 17.1 Å². The van der Waals surface area contributed by atoms with Crippen LogP contribution in [0.4, 0.5) is 5.69 Å². The monoisotopic (exact) mass is 286 g/mol. The number of nitrogen functional groups attached to an aromatic ring is 1. The molecule has 0 aliphatic carbocycles. The van der Waals surface area contributed by atoms with Gasteiger partial charge in [-0.25, -0.2) is 0 Å². The van der Waals surface area contributed by atoms with E-state index in [1.165, 1.54) is 0 Å². The SMILES string of the molecule is Cc1ccc(C(C)NC(=O)C(C)(C)c2ccc(N)cc2)o1. The van der Waals surface area contributed by atoms with Crippen LogP contribution in [0.1, 0.15) is 43.9 Å². The molecule has 0 aliphatic heterocycles. The van der Waals surface area contributed by atoms with Gasteiger partial charge in [0.25, 0.3) is 0 Å². The Morgan fingerprint density at radius 3 is 2.33 bits per heavy atom. The Labute approximate surface area is 125 Å². The van der Waals surface area contributed by atoms with Gasteiger partial charge in [0.15, 0.2) is 0 Å². The van der Waals surface area contributed by atoms with Gasteiger partial charge in [0.05, 0.1) is 11.5 Å². The zero-order valence-electron chi connectivity index (χ0n) is 12.9. The molecule has 1 atom stereocenters. The van der Waals surface area contributed by atoms with Gasteiger partial charge in [-0.2, -0.15) is 0 Å². The van der Waals surface area contributed by atoms with Crippen LogP contribution < -0.4 is 11.1 Å². The highest BCUT2D eigenvalue weighted by atomic mass is 16.3. The Bertz CT molecular complexity index is 626. The molecule has 0 saturated carbocycles. The van der Waals surface area contributed by atoms with Crippen molar-refractivity contribution in [3.8, 4) is 0 Å². The molecule has 21 heavy (non-hydrogen) atoms. The van der Waals surface area contributed by atoms with Crippen molar-refractivity contribution in [3.63, 3.8) is 0 Å². The van der Waals surface area contributed by atoms with E-state index in [4.69, 9.17) is 10.2 Å². The number of nitrogens with two attached hydrogens (primary N) is 1. The first-order valence-electron chi connectivity index (χ1n) is 7.04. The van der Waals surface area contributed by atoms with Gasteiger partial charge >= 0.3 is 0 Å². The highest BCUT2D eigenvalue weighted by Gasteiger charge is 2.31. The second-order valence-corrected chi connectivity index (χ2v) is 5.89. The van der Waals surface area contributed by atoms with E-state index < -0.39 is 5.41 Å². The average Bonchev–Trinajstić information content (AvgIpc) is 2.86. The van der Waals surface area contributed by atoms with Crippen LogP contribution in [0, 0.1) is 6.92 Å². The van der Waals surface area contributed by atoms with Gasteiger partial charge in [0, 0.05) is 5.69 Å². The number of nitrogens with one attached hydrogen (secondary N) is 1. The van der Waals surface area contributed by atoms with Crippen molar-refractivity contribution < 1.29 is 9.21 Å². The summed E-state index contributed by atoms with van der Waals surface area (Å²) in [4.78, 5) is 12.6. The van der Waals surface area contributed by atoms with Crippen molar-refractivity contribution in [1.29, 1.82) is 0 Å². The molecule has 112 valence electrons. The number of benzene rings is 1. The van der Waals surface area contributed by atoms with E-state index in [2.05, 4.69) is 5.32 Å². The maximum Gasteiger partial charge on any atom is 0.230 e. The molecule has 1 aromatic carbocycles. The van der Waals surface area contributed by atoms with Gasteiger partial charge < -0.3 is 15.5 Å². The number of carbonyl (C=O) groups excluding carboxylic acids is 1. The van der Waals surface area contributed by atoms with Crippen molar-refractivity contribution in [2.24, 2.45) is 0 Å². The molecular weight excluding hydrogens is 264 g/mol. The molecule has 0 aliphatic rings. The summed E-state index contributed by atoms with van der Waals surface area (Å²) in [5, 5.41) is 3.00. The molecule has 2 rings (SSSR count). The Morgan fingerprint density at radius 2 is 1.81 bits per heavy atom. The number of anilines is 1. The van der Waals surface area contributed by atoms with Crippen molar-refractivity contribution in [1.82, 2.24) is 5.32 Å². The van der Waals surface area contributed by atoms with E-state index in [1.807, 2.05) is 64.1 Å². The van der Waals surface area contributed by atoms with E-state index in [9.17, 15) is 4.79 Å². The number of carbonyl (C=O) groups is 1. The summed E-state index contributed by atoms with van der Waals surface area (Å²) in [6.07, 6.45) is 0. The van der Waals surface area contributed by atoms with Gasteiger partial charge in [-0.15, -0.1) is 0 Å². The molecule has 0 fully saturated rings. The van der Waals surface area contributed by atoms with Crippen LogP contribution in [-0.2, 0) is 10.2 Å². The molecule has 4 heteroatoms. The highest BCUT2D eigenvalue weighted by molar-refractivity contribution is 5.87. The van der Waals surface area contributed by atoms with Gasteiger partial charge in [-0.05, 0) is 57.5 Å². The Balaban J connectivity index is 2.13. The average molecular weight is 286 g/mol. The molecule has 0 saturated heterocycles. The number of hydrogen-bond donors (Lipinski definition) is 2. The molecule has 0 radical (unpaired) electrons. The van der Waals surface area contributed by atoms with Gasteiger partial charge in [-0.3, -0.25) is 4.79 Å². The molecule has 4 nitrogen and oxygen atoms in total. The molecule has 1 unspecified atom stereocenters. The van der Waals surface area contributed by atoms with Gasteiger partial charge in [0.1, 0.15) is 11.5 Å². The fourth-order valence-electron chi connectivity index (χ4n) is 2.17. The third kappa shape index (κ3) is 3.27. The first-order chi connectivity index (χ1) is 9.80. The summed E-state index contributed by atoms with van der Waals surface area (Å²) in [5.41, 5.74) is 6.67. The lowest BCUT2D eigenvalue weighted by Crippen LogP contribution is -2.41. The topological polar surface area (TPSA) is 68.3 Å². The third-order valence-electron chi connectivity index (χ3n) is 3.74. The van der Waals surface area contributed by atoms with Gasteiger partial charge in [-0.1, -0.05) is 12.1 Å². The Kier molecular flexibility index (Phi) is 4.07. The fourth-order valence-corrected chi connectivity index (χ4v) is 2.17. The minimum absolute atomic E-state index is 0.0474. The third-order valence-corrected chi connectivity index (χ3v) is 3.74. The zero-order valence-corrected chi connectivity index (χ0v) is 12.9. The summed E-state index contributed by atoms with van der Waals surface area (Å²) in [6, 6.07) is 11.0. The number of amides is 1. The van der Waals surface area contributed by atoms with Crippen molar-refractivity contribution in [2.45, 2.75) is 39.2 Å². The van der Waals surface area contributed by atoms with Crippen molar-refractivity contribution in [2.75, 3.05) is 5.73 Å². The number of hydrogen-bond acceptors (Lipinski definition) is 3. The van der Waals surface area contributed by atoms with Crippen LogP contribution >= 0.6 is 0 Å². The van der Waals surface area contributed by atoms with E-state index >= 15 is 0 Å². The standard InChI is InChI=1S/C17H22N2O2/c1-11-5-10-15(21-11)12(2)19-16(20)17(3,4)13-6-8-14(18)9-7-13/h5-10,12H,18H2,1-4H3,(H,19,20). The van der Waals surface area contributed by atoms with Gasteiger partial charge in [0.2, 0.25) is 5.91 Å². The van der Waals surface area contributed by atoms with Crippen LogP contribution in [0.25, 0.3) is 0 Å². The molecule has 1 heterocycles. The molecule has 0 spiro atoms. The molecule has 1 aromatic heterocycles. The summed E-state index contributed by atoms with van der Waals surface area (Å²) in [7, 11) is 0. The summed E-state index contributed by atoms with van der Waals surface area (Å²) in [5.74, 6) is 1.55. The van der Waals surface area contributed by atoms with Crippen molar-refractivity contribution >= 4 is 11.6 Å². The maximum absolute atomic E-state index is 12.6. The zero-order chi connectivity index (χ0) is 15.6. The Morgan fingerprint density at radius 1 is 1.19 bits per heavy atom. The molecule has 3 N–H and O–H groups in total. The summed E-state index contributed by atoms with van der Waals surface area (Å²) < 4.78 is 5.55. The first-order valence-corrected chi connectivity index (χ1v) is 7.04. The smallest absolute Gasteiger partial charge is 0.230 e. The number of aryl methyl sites for hydroxylation is 1. The second-order valence-electron chi connectivity index (χ2n) is 5.89. The number of furan rings is 1. The van der Waals surface area contributed by atoms with Crippen LogP contribution in [0.2, 0.25) is 0 Å². The highest BCUT2D eigenvalue weighted by Crippen LogP contribution is 2.26. The largest absolute Gasteiger partial charge is 0.464 e. The van der Waals surface area contributed by atoms with Crippen LogP contribution in [0.15, 0.2) is 40.8 Å². The molecule has 1 amide bonds. The normalized spacial score (nSPS) is 13.0. The predicted octanol–water partition coefficient (Wildman–Crippen LogP) is 3.33. The lowest BCUT2D eigenvalue weighted by Gasteiger charge is -2.26. The lowest BCUT2D eigenvalue weighted by molar-refractivity contribution is -0.126. The predicted molar refractivity (Wildman–Crippen MR) is 83.9 cm³/mol. The second kappa shape index (κ2) is 5.64. The summed E-state index contributed by atoms with van der Waals surface area (Å²) in [6.45, 7) is 7.59. The maximum atomic E-state index is 12.6.